The molecule has 0 radical (unpaired) electrons. The summed E-state index contributed by atoms with van der Waals surface area (Å²) in [5.74, 6) is -0.0593. The van der Waals surface area contributed by atoms with Crippen LogP contribution in [-0.2, 0) is 9.16 Å². The molecule has 0 unspecified atom stereocenters. The lowest BCUT2D eigenvalue weighted by Gasteiger charge is -2.42. The number of aromatic nitrogens is 1. The van der Waals surface area contributed by atoms with Gasteiger partial charge in [-0.15, -0.1) is 0 Å². The molecule has 1 amide bonds. The van der Waals surface area contributed by atoms with Crippen LogP contribution in [-0.4, -0.2) is 55.1 Å². The summed E-state index contributed by atoms with van der Waals surface area (Å²) in [4.78, 5) is 18.5. The number of amides is 1. The van der Waals surface area contributed by atoms with Gasteiger partial charge >= 0.3 is 6.09 Å². The molecule has 2 aromatic rings. The molecule has 1 aromatic carbocycles. The second kappa shape index (κ2) is 8.84. The molecule has 0 bridgehead atoms. The maximum Gasteiger partial charge on any atom is 0.410 e. The van der Waals surface area contributed by atoms with E-state index in [4.69, 9.17) is 14.9 Å². The van der Waals surface area contributed by atoms with Crippen LogP contribution < -0.4 is 5.73 Å². The molecule has 0 aliphatic carbocycles. The molecule has 0 spiro atoms. The van der Waals surface area contributed by atoms with Crippen molar-refractivity contribution in [3.05, 3.63) is 36.0 Å². The van der Waals surface area contributed by atoms with Crippen LogP contribution in [0.3, 0.4) is 0 Å². The van der Waals surface area contributed by atoms with Gasteiger partial charge in [0.15, 0.2) is 8.32 Å². The van der Waals surface area contributed by atoms with E-state index in [2.05, 4.69) is 51.0 Å². The fraction of sp³-hybridized carbons (Fsp3) is 0.640. The smallest absolute Gasteiger partial charge is 0.410 e. The maximum atomic E-state index is 13.2. The largest absolute Gasteiger partial charge is 0.444 e. The number of carbonyl (C=O) groups excluding carboxylic acids is 1. The summed E-state index contributed by atoms with van der Waals surface area (Å²) in [6, 6.07) is 8.06. The molecule has 178 valence electrons. The number of benzene rings is 1. The van der Waals surface area contributed by atoms with Crippen molar-refractivity contribution >= 4 is 25.3 Å². The Labute approximate surface area is 194 Å². The molecule has 3 N–H and O–H groups in total. The van der Waals surface area contributed by atoms with Crippen molar-refractivity contribution in [1.29, 1.82) is 0 Å². The number of fused-ring (bicyclic) bond motifs is 1. The minimum Gasteiger partial charge on any atom is -0.444 e. The third-order valence-electron chi connectivity index (χ3n) is 6.96. The van der Waals surface area contributed by atoms with Crippen LogP contribution in [0.25, 0.3) is 10.9 Å². The van der Waals surface area contributed by atoms with Gasteiger partial charge in [0.25, 0.3) is 0 Å². The summed E-state index contributed by atoms with van der Waals surface area (Å²) >= 11 is 0. The molecule has 1 saturated heterocycles. The van der Waals surface area contributed by atoms with Gasteiger partial charge in [0.2, 0.25) is 0 Å². The van der Waals surface area contributed by atoms with Gasteiger partial charge in [-0.1, -0.05) is 39.0 Å². The Morgan fingerprint density at radius 2 is 1.88 bits per heavy atom. The average Bonchev–Trinajstić information content (AvgIpc) is 3.25. The molecule has 1 aliphatic rings. The van der Waals surface area contributed by atoms with E-state index in [1.165, 1.54) is 0 Å². The Balaban J connectivity index is 2.02. The summed E-state index contributed by atoms with van der Waals surface area (Å²) in [6.07, 6.45) is 2.46. The zero-order chi connectivity index (χ0) is 23.9. The van der Waals surface area contributed by atoms with E-state index >= 15 is 0 Å². The van der Waals surface area contributed by atoms with E-state index in [0.29, 0.717) is 13.1 Å². The lowest BCUT2D eigenvalue weighted by atomic mass is 9.88. The topological polar surface area (TPSA) is 80.6 Å². The maximum absolute atomic E-state index is 13.2. The van der Waals surface area contributed by atoms with Crippen LogP contribution in [0, 0.1) is 0 Å². The molecular formula is C25H41N3O3Si. The fourth-order valence-corrected chi connectivity index (χ4v) is 5.70. The lowest BCUT2D eigenvalue weighted by molar-refractivity contribution is 0.0132. The number of hydrogen-bond acceptors (Lipinski definition) is 4. The number of carbonyl (C=O) groups is 1. The predicted octanol–water partition coefficient (Wildman–Crippen LogP) is 5.61. The summed E-state index contributed by atoms with van der Waals surface area (Å²) < 4.78 is 12.7. The SMILES string of the molecule is CC(C)(C)OC(=O)N1CC[C@H](O[Si](C)(C)C(C)(C)C)[C@H]1[C@@H](CN)c1c[nH]c2ccccc12. The van der Waals surface area contributed by atoms with Crippen LogP contribution in [0.1, 0.15) is 59.4 Å². The number of hydrogen-bond donors (Lipinski definition) is 2. The van der Waals surface area contributed by atoms with Gasteiger partial charge in [0.05, 0.1) is 12.1 Å². The van der Waals surface area contributed by atoms with E-state index in [1.807, 2.05) is 44.0 Å². The van der Waals surface area contributed by atoms with E-state index in [-0.39, 0.29) is 29.2 Å². The Morgan fingerprint density at radius 1 is 1.22 bits per heavy atom. The van der Waals surface area contributed by atoms with Gasteiger partial charge in [-0.05, 0) is 57.0 Å². The second-order valence-electron chi connectivity index (χ2n) is 11.5. The zero-order valence-corrected chi connectivity index (χ0v) is 22.0. The van der Waals surface area contributed by atoms with Gasteiger partial charge in [-0.3, -0.25) is 0 Å². The molecule has 6 nitrogen and oxygen atoms in total. The van der Waals surface area contributed by atoms with Crippen molar-refractivity contribution in [2.75, 3.05) is 13.1 Å². The number of H-pyrrole nitrogens is 1. The molecule has 7 heteroatoms. The molecule has 3 rings (SSSR count). The van der Waals surface area contributed by atoms with Crippen LogP contribution in [0.15, 0.2) is 30.5 Å². The Morgan fingerprint density at radius 3 is 2.47 bits per heavy atom. The first kappa shape index (κ1) is 24.8. The first-order valence-corrected chi connectivity index (χ1v) is 14.6. The number of ether oxygens (including phenoxy) is 1. The number of nitrogens with one attached hydrogen (secondary N) is 1. The molecule has 1 aromatic heterocycles. The number of nitrogens with two attached hydrogens (primary N) is 1. The number of nitrogens with zero attached hydrogens (tertiary/aromatic N) is 1. The van der Waals surface area contributed by atoms with Crippen LogP contribution in [0.2, 0.25) is 18.1 Å². The number of rotatable bonds is 5. The van der Waals surface area contributed by atoms with Gasteiger partial charge in [0.1, 0.15) is 5.60 Å². The van der Waals surface area contributed by atoms with E-state index in [1.54, 1.807) is 0 Å². The second-order valence-corrected chi connectivity index (χ2v) is 16.3. The van der Waals surface area contributed by atoms with E-state index in [0.717, 1.165) is 22.9 Å². The highest BCUT2D eigenvalue weighted by atomic mass is 28.4. The Hall–Kier alpha value is -1.83. The molecule has 32 heavy (non-hydrogen) atoms. The minimum absolute atomic E-state index is 0.0593. The number of aromatic amines is 1. The average molecular weight is 460 g/mol. The fourth-order valence-electron chi connectivity index (χ4n) is 4.33. The van der Waals surface area contributed by atoms with Crippen LogP contribution in [0.5, 0.6) is 0 Å². The number of likely N-dealkylation sites (tertiary alicyclic amines) is 1. The third-order valence-corrected chi connectivity index (χ3v) is 11.5. The standard InChI is InChI=1S/C25H41N3O3Si/c1-24(2,3)30-23(29)28-14-13-21(31-32(7,8)25(4,5)6)22(28)18(15-26)19-16-27-20-12-10-9-11-17(19)20/h9-12,16,18,21-22,27H,13-15,26H2,1-8H3/t18-,21-,22+/m0/s1. The highest BCUT2D eigenvalue weighted by molar-refractivity contribution is 6.74. The van der Waals surface area contributed by atoms with Crippen LogP contribution in [0.4, 0.5) is 4.79 Å². The number of para-hydroxylation sites is 1. The van der Waals surface area contributed by atoms with E-state index < -0.39 is 13.9 Å². The monoisotopic (exact) mass is 459 g/mol. The van der Waals surface area contributed by atoms with Gasteiger partial charge in [-0.2, -0.15) is 0 Å². The van der Waals surface area contributed by atoms with Crippen molar-refractivity contribution in [3.8, 4) is 0 Å². The van der Waals surface area contributed by atoms with Gasteiger partial charge in [0, 0.05) is 36.1 Å². The Kier molecular flexibility index (Phi) is 6.85. The summed E-state index contributed by atoms with van der Waals surface area (Å²) in [7, 11) is -2.05. The molecule has 1 aliphatic heterocycles. The van der Waals surface area contributed by atoms with Crippen molar-refractivity contribution in [3.63, 3.8) is 0 Å². The quantitative estimate of drug-likeness (QED) is 0.570. The Bertz CT molecular complexity index is 942. The van der Waals surface area contributed by atoms with Crippen molar-refractivity contribution in [1.82, 2.24) is 9.88 Å². The zero-order valence-electron chi connectivity index (χ0n) is 21.0. The van der Waals surface area contributed by atoms with Crippen molar-refractivity contribution < 1.29 is 14.0 Å². The minimum atomic E-state index is -2.05. The van der Waals surface area contributed by atoms with Crippen molar-refractivity contribution in [2.24, 2.45) is 5.73 Å². The van der Waals surface area contributed by atoms with E-state index in [9.17, 15) is 4.79 Å². The summed E-state index contributed by atoms with van der Waals surface area (Å²) in [5, 5.41) is 1.22. The normalized spacial score (nSPS) is 21.2. The highest BCUT2D eigenvalue weighted by Crippen LogP contribution is 2.42. The predicted molar refractivity (Wildman–Crippen MR) is 134 cm³/mol. The highest BCUT2D eigenvalue weighted by Gasteiger charge is 2.48. The van der Waals surface area contributed by atoms with Crippen molar-refractivity contribution in [2.45, 2.75) is 89.8 Å². The van der Waals surface area contributed by atoms with Crippen LogP contribution >= 0.6 is 0 Å². The lowest BCUT2D eigenvalue weighted by Crippen LogP contribution is -2.52. The van der Waals surface area contributed by atoms with Gasteiger partial charge < -0.3 is 24.8 Å². The summed E-state index contributed by atoms with van der Waals surface area (Å²) in [5.41, 5.74) is 8.05. The first-order chi connectivity index (χ1) is 14.7. The molecule has 1 fully saturated rings. The van der Waals surface area contributed by atoms with Gasteiger partial charge in [-0.25, -0.2) is 4.79 Å². The molecule has 3 atom stereocenters. The molecular weight excluding hydrogens is 418 g/mol. The molecule has 0 saturated carbocycles. The third kappa shape index (κ3) is 5.05. The summed E-state index contributed by atoms with van der Waals surface area (Å²) in [6.45, 7) is 18.0. The molecule has 2 heterocycles. The first-order valence-electron chi connectivity index (χ1n) is 11.7.